The van der Waals surface area contributed by atoms with E-state index >= 15 is 0 Å². The van der Waals surface area contributed by atoms with E-state index in [1.807, 2.05) is 36.4 Å². The molecule has 1 unspecified atom stereocenters. The number of cyclic esters (lactones) is 1. The van der Waals surface area contributed by atoms with Crippen LogP contribution in [0, 0.1) is 0 Å². The number of alkyl carbamates (subject to hydrolysis) is 1. The van der Waals surface area contributed by atoms with Gasteiger partial charge in [-0.05, 0) is 35.4 Å². The molecule has 2 aromatic rings. The third-order valence-electron chi connectivity index (χ3n) is 3.75. The molecule has 6 nitrogen and oxygen atoms in total. The minimum atomic E-state index is -0.407. The Morgan fingerprint density at radius 1 is 1.29 bits per heavy atom. The van der Waals surface area contributed by atoms with Crippen LogP contribution in [0.2, 0.25) is 0 Å². The molecule has 1 aliphatic heterocycles. The first-order chi connectivity index (χ1) is 11.6. The summed E-state index contributed by atoms with van der Waals surface area (Å²) in [6.45, 7) is 0.459. The van der Waals surface area contributed by atoms with Crippen molar-refractivity contribution in [3.05, 3.63) is 59.7 Å². The first-order valence-corrected chi connectivity index (χ1v) is 7.61. The summed E-state index contributed by atoms with van der Waals surface area (Å²) in [5.74, 6) is 0.620. The van der Waals surface area contributed by atoms with E-state index in [9.17, 15) is 9.59 Å². The fourth-order valence-electron chi connectivity index (χ4n) is 2.53. The molecule has 1 heterocycles. The highest BCUT2D eigenvalue weighted by molar-refractivity contribution is 5.92. The second-order valence-electron chi connectivity index (χ2n) is 5.47. The van der Waals surface area contributed by atoms with Crippen LogP contribution >= 0.6 is 0 Å². The fraction of sp³-hybridized carbons (Fsp3) is 0.222. The van der Waals surface area contributed by atoms with Gasteiger partial charge in [-0.1, -0.05) is 24.3 Å². The number of benzene rings is 2. The van der Waals surface area contributed by atoms with Crippen LogP contribution in [0.4, 0.5) is 10.5 Å². The summed E-state index contributed by atoms with van der Waals surface area (Å²) in [7, 11) is 1.60. The van der Waals surface area contributed by atoms with Gasteiger partial charge < -0.3 is 20.1 Å². The number of hydrogen-bond donors (Lipinski definition) is 2. The summed E-state index contributed by atoms with van der Waals surface area (Å²) in [6, 6.07) is 14.7. The second kappa shape index (κ2) is 7.04. The summed E-state index contributed by atoms with van der Waals surface area (Å²) in [6.07, 6.45) is -0.418. The number of carbonyl (C=O) groups excluding carboxylic acids is 2. The minimum absolute atomic E-state index is 0.107. The van der Waals surface area contributed by atoms with E-state index in [4.69, 9.17) is 9.47 Å². The highest BCUT2D eigenvalue weighted by Crippen LogP contribution is 2.22. The SMILES string of the molecule is COc1cccc(CC(=O)Nc2ccc(C3CNC(=O)O3)cc2)c1. The van der Waals surface area contributed by atoms with E-state index in [1.165, 1.54) is 0 Å². The summed E-state index contributed by atoms with van der Waals surface area (Å²) >= 11 is 0. The Hall–Kier alpha value is -3.02. The maximum atomic E-state index is 12.1. The molecule has 3 rings (SSSR count). The molecule has 0 aliphatic carbocycles. The van der Waals surface area contributed by atoms with Crippen molar-refractivity contribution in [1.29, 1.82) is 0 Å². The van der Waals surface area contributed by atoms with Crippen molar-refractivity contribution >= 4 is 17.7 Å². The Morgan fingerprint density at radius 2 is 2.08 bits per heavy atom. The number of ether oxygens (including phenoxy) is 2. The van der Waals surface area contributed by atoms with E-state index in [-0.39, 0.29) is 18.4 Å². The molecule has 0 saturated carbocycles. The number of rotatable bonds is 5. The molecule has 1 atom stereocenters. The maximum Gasteiger partial charge on any atom is 0.407 e. The topological polar surface area (TPSA) is 76.7 Å². The zero-order valence-corrected chi connectivity index (χ0v) is 13.2. The average Bonchev–Trinajstić information content (AvgIpc) is 3.02. The average molecular weight is 326 g/mol. The lowest BCUT2D eigenvalue weighted by Crippen LogP contribution is -2.14. The molecule has 0 bridgehead atoms. The largest absolute Gasteiger partial charge is 0.497 e. The fourth-order valence-corrected chi connectivity index (χ4v) is 2.53. The van der Waals surface area contributed by atoms with Gasteiger partial charge in [0.05, 0.1) is 20.1 Å². The Labute approximate surface area is 139 Å². The van der Waals surface area contributed by atoms with Crippen molar-refractivity contribution in [2.24, 2.45) is 0 Å². The molecule has 6 heteroatoms. The lowest BCUT2D eigenvalue weighted by molar-refractivity contribution is -0.115. The molecule has 1 aliphatic rings. The van der Waals surface area contributed by atoms with Gasteiger partial charge in [-0.3, -0.25) is 4.79 Å². The Morgan fingerprint density at radius 3 is 2.75 bits per heavy atom. The lowest BCUT2D eigenvalue weighted by atomic mass is 10.1. The molecule has 2 amide bonds. The monoisotopic (exact) mass is 326 g/mol. The number of amides is 2. The summed E-state index contributed by atoms with van der Waals surface area (Å²) < 4.78 is 10.3. The predicted octanol–water partition coefficient (Wildman–Crippen LogP) is 2.66. The summed E-state index contributed by atoms with van der Waals surface area (Å²) in [5.41, 5.74) is 2.47. The van der Waals surface area contributed by atoms with Crippen LogP contribution in [0.5, 0.6) is 5.75 Å². The summed E-state index contributed by atoms with van der Waals surface area (Å²) in [5, 5.41) is 5.46. The van der Waals surface area contributed by atoms with E-state index in [2.05, 4.69) is 10.6 Å². The van der Waals surface area contributed by atoms with Crippen molar-refractivity contribution in [3.8, 4) is 5.75 Å². The Bertz CT molecular complexity index is 743. The van der Waals surface area contributed by atoms with Gasteiger partial charge in [0.15, 0.2) is 0 Å². The molecular weight excluding hydrogens is 308 g/mol. The third-order valence-corrected chi connectivity index (χ3v) is 3.75. The van der Waals surface area contributed by atoms with Crippen molar-refractivity contribution in [3.63, 3.8) is 0 Å². The number of methoxy groups -OCH3 is 1. The molecule has 2 aromatic carbocycles. The first kappa shape index (κ1) is 15.9. The number of nitrogens with one attached hydrogen (secondary N) is 2. The van der Waals surface area contributed by atoms with Gasteiger partial charge in [-0.15, -0.1) is 0 Å². The second-order valence-corrected chi connectivity index (χ2v) is 5.47. The Kier molecular flexibility index (Phi) is 4.65. The zero-order valence-electron chi connectivity index (χ0n) is 13.2. The standard InChI is InChI=1S/C18H18N2O4/c1-23-15-4-2-3-12(9-15)10-17(21)20-14-7-5-13(6-8-14)16-11-19-18(22)24-16/h2-9,16H,10-11H2,1H3,(H,19,22)(H,20,21). The van der Waals surface area contributed by atoms with Crippen molar-refractivity contribution in [1.82, 2.24) is 5.32 Å². The zero-order chi connectivity index (χ0) is 16.9. The molecule has 2 N–H and O–H groups in total. The van der Waals surface area contributed by atoms with Crippen LogP contribution in [0.1, 0.15) is 17.2 Å². The van der Waals surface area contributed by atoms with Gasteiger partial charge in [0, 0.05) is 5.69 Å². The predicted molar refractivity (Wildman–Crippen MR) is 89.0 cm³/mol. The number of carbonyl (C=O) groups is 2. The van der Waals surface area contributed by atoms with E-state index in [1.54, 1.807) is 19.2 Å². The number of anilines is 1. The van der Waals surface area contributed by atoms with Gasteiger partial charge in [-0.25, -0.2) is 4.79 Å². The van der Waals surface area contributed by atoms with Gasteiger partial charge in [-0.2, -0.15) is 0 Å². The molecule has 0 spiro atoms. The van der Waals surface area contributed by atoms with Gasteiger partial charge in [0.25, 0.3) is 0 Å². The van der Waals surface area contributed by atoms with Crippen LogP contribution in [0.3, 0.4) is 0 Å². The Balaban J connectivity index is 1.59. The maximum absolute atomic E-state index is 12.1. The summed E-state index contributed by atoms with van der Waals surface area (Å²) in [4.78, 5) is 23.2. The highest BCUT2D eigenvalue weighted by Gasteiger charge is 2.23. The van der Waals surface area contributed by atoms with Crippen LogP contribution in [0.25, 0.3) is 0 Å². The van der Waals surface area contributed by atoms with Crippen molar-refractivity contribution in [2.45, 2.75) is 12.5 Å². The molecule has 124 valence electrons. The quantitative estimate of drug-likeness (QED) is 0.885. The van der Waals surface area contributed by atoms with Gasteiger partial charge in [0.2, 0.25) is 5.91 Å². The van der Waals surface area contributed by atoms with Crippen LogP contribution in [-0.4, -0.2) is 25.7 Å². The van der Waals surface area contributed by atoms with Crippen LogP contribution in [-0.2, 0) is 16.0 Å². The number of hydrogen-bond acceptors (Lipinski definition) is 4. The molecule has 0 aromatic heterocycles. The lowest BCUT2D eigenvalue weighted by Gasteiger charge is -2.10. The molecule has 1 fully saturated rings. The molecule has 24 heavy (non-hydrogen) atoms. The van der Waals surface area contributed by atoms with E-state index in [0.717, 1.165) is 16.9 Å². The molecular formula is C18H18N2O4. The highest BCUT2D eigenvalue weighted by atomic mass is 16.6. The van der Waals surface area contributed by atoms with Crippen LogP contribution in [0.15, 0.2) is 48.5 Å². The molecule has 1 saturated heterocycles. The first-order valence-electron chi connectivity index (χ1n) is 7.61. The smallest absolute Gasteiger partial charge is 0.407 e. The van der Waals surface area contributed by atoms with E-state index in [0.29, 0.717) is 12.2 Å². The van der Waals surface area contributed by atoms with Crippen LogP contribution < -0.4 is 15.4 Å². The van der Waals surface area contributed by atoms with E-state index < -0.39 is 6.09 Å². The van der Waals surface area contributed by atoms with Crippen molar-refractivity contribution in [2.75, 3.05) is 19.0 Å². The normalized spacial score (nSPS) is 16.2. The molecule has 0 radical (unpaired) electrons. The van der Waals surface area contributed by atoms with Gasteiger partial charge in [0.1, 0.15) is 11.9 Å². The van der Waals surface area contributed by atoms with Gasteiger partial charge >= 0.3 is 6.09 Å². The van der Waals surface area contributed by atoms with Crippen molar-refractivity contribution < 1.29 is 19.1 Å². The minimum Gasteiger partial charge on any atom is -0.497 e. The third kappa shape index (κ3) is 3.84.